The molecule has 0 bridgehead atoms. The van der Waals surface area contributed by atoms with Crippen molar-refractivity contribution in [1.29, 1.82) is 0 Å². The number of benzene rings is 2. The second-order valence-corrected chi connectivity index (χ2v) is 7.52. The molecule has 1 amide bonds. The van der Waals surface area contributed by atoms with E-state index in [-0.39, 0.29) is 29.9 Å². The molecule has 176 valence electrons. The van der Waals surface area contributed by atoms with Crippen LogP contribution >= 0.6 is 24.0 Å². The minimum Gasteiger partial charge on any atom is -0.492 e. The molecule has 0 fully saturated rings. The smallest absolute Gasteiger partial charge is 0.221 e. The number of halogens is 1. The Labute approximate surface area is 209 Å². The summed E-state index contributed by atoms with van der Waals surface area (Å²) in [5.41, 5.74) is 2.05. The van der Waals surface area contributed by atoms with E-state index in [4.69, 9.17) is 4.74 Å². The molecule has 2 aromatic carbocycles. The van der Waals surface area contributed by atoms with Crippen LogP contribution in [0, 0.1) is 0 Å². The second-order valence-electron chi connectivity index (χ2n) is 7.52. The van der Waals surface area contributed by atoms with Crippen molar-refractivity contribution in [3.63, 3.8) is 0 Å². The van der Waals surface area contributed by atoms with E-state index in [9.17, 15) is 4.79 Å². The molecule has 2 aromatic rings. The fourth-order valence-corrected chi connectivity index (χ4v) is 3.07. The lowest BCUT2D eigenvalue weighted by atomic mass is 10.1. The van der Waals surface area contributed by atoms with Gasteiger partial charge in [0.15, 0.2) is 5.96 Å². The summed E-state index contributed by atoms with van der Waals surface area (Å²) in [5, 5.41) is 9.37. The molecule has 0 aromatic heterocycles. The van der Waals surface area contributed by atoms with Gasteiger partial charge in [-0.1, -0.05) is 36.4 Å². The molecule has 32 heavy (non-hydrogen) atoms. The predicted octanol–water partition coefficient (Wildman–Crippen LogP) is 3.72. The van der Waals surface area contributed by atoms with Crippen LogP contribution in [0.15, 0.2) is 59.6 Å². The summed E-state index contributed by atoms with van der Waals surface area (Å²) in [4.78, 5) is 17.8. The fourth-order valence-electron chi connectivity index (χ4n) is 3.07. The van der Waals surface area contributed by atoms with E-state index in [1.54, 1.807) is 7.05 Å². The number of carbonyl (C=O) groups is 1. The minimum atomic E-state index is -0.103. The van der Waals surface area contributed by atoms with Gasteiger partial charge in [0.05, 0.1) is 6.54 Å². The molecule has 0 aliphatic heterocycles. The highest BCUT2D eigenvalue weighted by molar-refractivity contribution is 14.0. The SMILES string of the molecule is CN=C(NCCOc1cccc(NC(C)=O)c1)NCCC(C)N(C)Cc1ccccc1.I. The number of nitrogens with zero attached hydrogens (tertiary/aromatic N) is 2. The van der Waals surface area contributed by atoms with Crippen molar-refractivity contribution in [3.05, 3.63) is 60.2 Å². The number of amides is 1. The lowest BCUT2D eigenvalue weighted by molar-refractivity contribution is -0.114. The molecule has 0 spiro atoms. The van der Waals surface area contributed by atoms with Crippen LogP contribution in [0.4, 0.5) is 5.69 Å². The van der Waals surface area contributed by atoms with Crippen LogP contribution in [0.5, 0.6) is 5.75 Å². The van der Waals surface area contributed by atoms with Gasteiger partial charge in [-0.05, 0) is 38.1 Å². The molecule has 2 rings (SSSR count). The van der Waals surface area contributed by atoms with Gasteiger partial charge in [0.1, 0.15) is 12.4 Å². The summed E-state index contributed by atoms with van der Waals surface area (Å²) < 4.78 is 5.75. The number of carbonyl (C=O) groups excluding carboxylic acids is 1. The fraction of sp³-hybridized carbons (Fsp3) is 0.417. The van der Waals surface area contributed by atoms with Crippen LogP contribution in [0.25, 0.3) is 0 Å². The van der Waals surface area contributed by atoms with Crippen molar-refractivity contribution >= 4 is 41.5 Å². The van der Waals surface area contributed by atoms with Gasteiger partial charge in [-0.15, -0.1) is 24.0 Å². The second kappa shape index (κ2) is 15.5. The summed E-state index contributed by atoms with van der Waals surface area (Å²) in [7, 11) is 3.92. The Morgan fingerprint density at radius 3 is 2.50 bits per heavy atom. The predicted molar refractivity (Wildman–Crippen MR) is 143 cm³/mol. The average molecular weight is 553 g/mol. The summed E-state index contributed by atoms with van der Waals surface area (Å²) in [6, 6.07) is 18.3. The molecule has 8 heteroatoms. The Hall–Kier alpha value is -2.33. The maximum Gasteiger partial charge on any atom is 0.221 e. The first-order valence-corrected chi connectivity index (χ1v) is 10.7. The van der Waals surface area contributed by atoms with Gasteiger partial charge in [0.2, 0.25) is 5.91 Å². The number of rotatable bonds is 11. The first-order valence-electron chi connectivity index (χ1n) is 10.7. The van der Waals surface area contributed by atoms with E-state index in [1.165, 1.54) is 12.5 Å². The molecule has 0 radical (unpaired) electrons. The van der Waals surface area contributed by atoms with E-state index >= 15 is 0 Å². The molecule has 7 nitrogen and oxygen atoms in total. The first kappa shape index (κ1) is 27.7. The first-order chi connectivity index (χ1) is 15.0. The number of hydrogen-bond acceptors (Lipinski definition) is 4. The summed E-state index contributed by atoms with van der Waals surface area (Å²) in [6.45, 7) is 6.60. The quantitative estimate of drug-likeness (QED) is 0.171. The monoisotopic (exact) mass is 553 g/mol. The number of guanidine groups is 1. The zero-order valence-corrected chi connectivity index (χ0v) is 21.8. The minimum absolute atomic E-state index is 0. The Kier molecular flexibility index (Phi) is 13.4. The lowest BCUT2D eigenvalue weighted by Gasteiger charge is -2.25. The third-order valence-corrected chi connectivity index (χ3v) is 4.92. The highest BCUT2D eigenvalue weighted by Crippen LogP contribution is 2.17. The average Bonchev–Trinajstić information content (AvgIpc) is 2.75. The maximum absolute atomic E-state index is 11.2. The van der Waals surface area contributed by atoms with Crippen molar-refractivity contribution in [2.75, 3.05) is 39.1 Å². The zero-order valence-electron chi connectivity index (χ0n) is 19.4. The van der Waals surface area contributed by atoms with E-state index in [0.29, 0.717) is 24.9 Å². The summed E-state index contributed by atoms with van der Waals surface area (Å²) >= 11 is 0. The molecule has 1 atom stereocenters. The van der Waals surface area contributed by atoms with Crippen molar-refractivity contribution in [3.8, 4) is 5.75 Å². The van der Waals surface area contributed by atoms with E-state index < -0.39 is 0 Å². The zero-order chi connectivity index (χ0) is 22.5. The van der Waals surface area contributed by atoms with E-state index in [1.807, 2.05) is 30.3 Å². The van der Waals surface area contributed by atoms with Crippen LogP contribution in [-0.4, -0.2) is 56.6 Å². The Bertz CT molecular complexity index is 832. The standard InChI is InChI=1S/C24H35N5O2.HI/c1-19(29(4)18-21-9-6-5-7-10-21)13-14-26-24(25-3)27-15-16-31-23-12-8-11-22(17-23)28-20(2)30;/h5-12,17,19H,13-16,18H2,1-4H3,(H,28,30)(H2,25,26,27);1H. The van der Waals surface area contributed by atoms with Gasteiger partial charge in [-0.3, -0.25) is 14.7 Å². The molecule has 0 aliphatic carbocycles. The molecule has 0 saturated carbocycles. The number of anilines is 1. The number of hydrogen-bond donors (Lipinski definition) is 3. The number of aliphatic imine (C=N–C) groups is 1. The maximum atomic E-state index is 11.2. The van der Waals surface area contributed by atoms with Gasteiger partial charge in [0.25, 0.3) is 0 Å². The molecule has 3 N–H and O–H groups in total. The van der Waals surface area contributed by atoms with Crippen molar-refractivity contribution in [2.24, 2.45) is 4.99 Å². The van der Waals surface area contributed by atoms with Crippen LogP contribution in [0.1, 0.15) is 25.8 Å². The van der Waals surface area contributed by atoms with Gasteiger partial charge in [-0.2, -0.15) is 0 Å². The van der Waals surface area contributed by atoms with Crippen LogP contribution in [0.2, 0.25) is 0 Å². The topological polar surface area (TPSA) is 78.0 Å². The lowest BCUT2D eigenvalue weighted by Crippen LogP contribution is -2.41. The van der Waals surface area contributed by atoms with Crippen molar-refractivity contribution in [1.82, 2.24) is 15.5 Å². The molecular formula is C24H36IN5O2. The van der Waals surface area contributed by atoms with Crippen LogP contribution in [-0.2, 0) is 11.3 Å². The van der Waals surface area contributed by atoms with Gasteiger partial charge >= 0.3 is 0 Å². The third kappa shape index (κ3) is 10.8. The van der Waals surface area contributed by atoms with Gasteiger partial charge < -0.3 is 20.7 Å². The summed E-state index contributed by atoms with van der Waals surface area (Å²) in [5.74, 6) is 1.37. The number of nitrogens with one attached hydrogen (secondary N) is 3. The Morgan fingerprint density at radius 2 is 1.81 bits per heavy atom. The molecule has 1 unspecified atom stereocenters. The Morgan fingerprint density at radius 1 is 1.09 bits per heavy atom. The molecular weight excluding hydrogens is 517 g/mol. The molecule has 0 aliphatic rings. The van der Waals surface area contributed by atoms with Crippen LogP contribution in [0.3, 0.4) is 0 Å². The van der Waals surface area contributed by atoms with Crippen molar-refractivity contribution in [2.45, 2.75) is 32.9 Å². The van der Waals surface area contributed by atoms with Gasteiger partial charge in [0, 0.05) is 44.9 Å². The van der Waals surface area contributed by atoms with E-state index in [0.717, 1.165) is 31.2 Å². The van der Waals surface area contributed by atoms with E-state index in [2.05, 4.69) is 64.1 Å². The molecule has 0 heterocycles. The highest BCUT2D eigenvalue weighted by atomic mass is 127. The largest absolute Gasteiger partial charge is 0.492 e. The third-order valence-electron chi connectivity index (χ3n) is 4.92. The Balaban J connectivity index is 0.00000512. The van der Waals surface area contributed by atoms with Crippen LogP contribution < -0.4 is 20.7 Å². The molecule has 0 saturated heterocycles. The summed E-state index contributed by atoms with van der Waals surface area (Å²) in [6.07, 6.45) is 1.01. The van der Waals surface area contributed by atoms with Crippen molar-refractivity contribution < 1.29 is 9.53 Å². The normalized spacial score (nSPS) is 12.0. The number of ether oxygens (including phenoxy) is 1. The van der Waals surface area contributed by atoms with Gasteiger partial charge in [-0.25, -0.2) is 0 Å². The highest BCUT2D eigenvalue weighted by Gasteiger charge is 2.09.